The van der Waals surface area contributed by atoms with Gasteiger partial charge in [0.05, 0.1) is 11.3 Å². The number of carbonyl (C=O) groups excluding carboxylic acids is 2. The van der Waals surface area contributed by atoms with Crippen molar-refractivity contribution in [2.75, 3.05) is 31.6 Å². The fourth-order valence-corrected chi connectivity index (χ4v) is 3.55. The Morgan fingerprint density at radius 3 is 2.54 bits per heavy atom. The van der Waals surface area contributed by atoms with E-state index in [2.05, 4.69) is 15.5 Å². The molecule has 0 atom stereocenters. The summed E-state index contributed by atoms with van der Waals surface area (Å²) < 4.78 is 19.4. The predicted molar refractivity (Wildman–Crippen MR) is 106 cm³/mol. The average Bonchev–Trinajstić information content (AvgIpc) is 2.95. The van der Waals surface area contributed by atoms with E-state index in [4.69, 9.17) is 4.74 Å². The monoisotopic (exact) mass is 389 g/mol. The molecule has 2 aliphatic heterocycles. The molecule has 1 aromatic rings. The summed E-state index contributed by atoms with van der Waals surface area (Å²) in [6.45, 7) is 8.19. The third kappa shape index (κ3) is 4.90. The van der Waals surface area contributed by atoms with Crippen LogP contribution in [0.4, 0.5) is 14.9 Å². The minimum absolute atomic E-state index is 0.0484. The van der Waals surface area contributed by atoms with Crippen molar-refractivity contribution in [2.45, 2.75) is 45.4 Å². The second-order valence-corrected chi connectivity index (χ2v) is 8.39. The maximum Gasteiger partial charge on any atom is 0.337 e. The van der Waals surface area contributed by atoms with Crippen molar-refractivity contribution < 1.29 is 18.7 Å². The van der Waals surface area contributed by atoms with Crippen molar-refractivity contribution in [3.8, 4) is 0 Å². The molecule has 7 heteroatoms. The largest absolute Gasteiger partial charge is 0.456 e. The van der Waals surface area contributed by atoms with Gasteiger partial charge in [-0.15, -0.1) is 0 Å². The number of esters is 1. The van der Waals surface area contributed by atoms with Crippen molar-refractivity contribution in [1.82, 2.24) is 10.2 Å². The lowest BCUT2D eigenvalue weighted by Crippen LogP contribution is -2.35. The van der Waals surface area contributed by atoms with Crippen LogP contribution >= 0.6 is 0 Å². The summed E-state index contributed by atoms with van der Waals surface area (Å²) in [4.78, 5) is 26.6. The highest BCUT2D eigenvalue weighted by atomic mass is 19.1. The Balaban J connectivity index is 1.66. The van der Waals surface area contributed by atoms with Gasteiger partial charge in [0, 0.05) is 12.2 Å². The predicted octanol–water partition coefficient (Wildman–Crippen LogP) is 3.54. The number of rotatable bonds is 4. The molecule has 0 aromatic heterocycles. The second-order valence-electron chi connectivity index (χ2n) is 8.39. The topological polar surface area (TPSA) is 70.7 Å². The van der Waals surface area contributed by atoms with Crippen LogP contribution in [0.2, 0.25) is 0 Å². The zero-order chi connectivity index (χ0) is 20.3. The standard InChI is InChI=1S/C21H28FN3O3/c1-21(2,3)16-8-7-14(11-17(16)22)23-20(27)24-18-13-28-19(26)15(18)12-25-9-5-4-6-10-25/h7-8,11H,4-6,9-10,12-13H2,1-3H3,(H2,23,24,27). The Hall–Kier alpha value is -2.41. The molecule has 0 spiro atoms. The third-order valence-corrected chi connectivity index (χ3v) is 5.09. The van der Waals surface area contributed by atoms with Gasteiger partial charge in [-0.2, -0.15) is 0 Å². The van der Waals surface area contributed by atoms with Gasteiger partial charge in [-0.3, -0.25) is 4.90 Å². The van der Waals surface area contributed by atoms with Gasteiger partial charge in [0.15, 0.2) is 0 Å². The van der Waals surface area contributed by atoms with Gasteiger partial charge in [-0.05, 0) is 49.0 Å². The Bertz CT molecular complexity index is 793. The van der Waals surface area contributed by atoms with Crippen LogP contribution in [0.25, 0.3) is 0 Å². The van der Waals surface area contributed by atoms with Crippen molar-refractivity contribution >= 4 is 17.7 Å². The number of hydrogen-bond donors (Lipinski definition) is 2. The van der Waals surface area contributed by atoms with E-state index in [9.17, 15) is 14.0 Å². The van der Waals surface area contributed by atoms with Crippen LogP contribution in [-0.2, 0) is 14.9 Å². The number of ether oxygens (including phenoxy) is 1. The number of anilines is 1. The maximum atomic E-state index is 14.3. The van der Waals surface area contributed by atoms with E-state index in [-0.39, 0.29) is 23.8 Å². The average molecular weight is 389 g/mol. The number of likely N-dealkylation sites (tertiary alicyclic amines) is 1. The molecule has 2 N–H and O–H groups in total. The molecule has 1 aromatic carbocycles. The van der Waals surface area contributed by atoms with Crippen molar-refractivity contribution in [3.05, 3.63) is 40.8 Å². The van der Waals surface area contributed by atoms with Crippen LogP contribution in [0, 0.1) is 5.82 Å². The van der Waals surface area contributed by atoms with Gasteiger partial charge in [-0.1, -0.05) is 33.3 Å². The van der Waals surface area contributed by atoms with Crippen molar-refractivity contribution in [2.24, 2.45) is 0 Å². The molecule has 1 saturated heterocycles. The Kier molecular flexibility index (Phi) is 6.03. The summed E-state index contributed by atoms with van der Waals surface area (Å²) in [5.74, 6) is -0.754. The summed E-state index contributed by atoms with van der Waals surface area (Å²) in [5.41, 5.74) is 1.58. The molecule has 0 bridgehead atoms. The van der Waals surface area contributed by atoms with E-state index in [0.717, 1.165) is 25.9 Å². The highest BCUT2D eigenvalue weighted by Gasteiger charge is 2.28. The lowest BCUT2D eigenvalue weighted by Gasteiger charge is -2.26. The highest BCUT2D eigenvalue weighted by Crippen LogP contribution is 2.27. The number of nitrogens with zero attached hydrogens (tertiary/aromatic N) is 1. The van der Waals surface area contributed by atoms with Crippen LogP contribution in [0.5, 0.6) is 0 Å². The first-order valence-electron chi connectivity index (χ1n) is 9.73. The van der Waals surface area contributed by atoms with Crippen LogP contribution in [0.3, 0.4) is 0 Å². The molecule has 6 nitrogen and oxygen atoms in total. The Morgan fingerprint density at radius 1 is 1.18 bits per heavy atom. The number of urea groups is 1. The number of cyclic esters (lactones) is 1. The first kappa shape index (κ1) is 20.3. The normalized spacial score (nSPS) is 18.2. The van der Waals surface area contributed by atoms with Gasteiger partial charge >= 0.3 is 12.0 Å². The number of piperidine rings is 1. The molecule has 1 fully saturated rings. The molecule has 3 rings (SSSR count). The zero-order valence-corrected chi connectivity index (χ0v) is 16.7. The second kappa shape index (κ2) is 8.31. The van der Waals surface area contributed by atoms with Crippen LogP contribution in [-0.4, -0.2) is 43.1 Å². The Labute approximate surface area is 165 Å². The van der Waals surface area contributed by atoms with Gasteiger partial charge in [0.1, 0.15) is 12.4 Å². The maximum absolute atomic E-state index is 14.3. The summed E-state index contributed by atoms with van der Waals surface area (Å²) in [7, 11) is 0. The van der Waals surface area contributed by atoms with Crippen LogP contribution < -0.4 is 10.6 Å². The number of nitrogens with one attached hydrogen (secondary N) is 2. The van der Waals surface area contributed by atoms with Crippen LogP contribution in [0.1, 0.15) is 45.6 Å². The minimum atomic E-state index is -0.521. The number of hydrogen-bond acceptors (Lipinski definition) is 4. The highest BCUT2D eigenvalue weighted by molar-refractivity contribution is 5.96. The van der Waals surface area contributed by atoms with E-state index in [1.54, 1.807) is 12.1 Å². The van der Waals surface area contributed by atoms with E-state index >= 15 is 0 Å². The minimum Gasteiger partial charge on any atom is -0.456 e. The first-order valence-corrected chi connectivity index (χ1v) is 9.73. The first-order chi connectivity index (χ1) is 13.2. The van der Waals surface area contributed by atoms with Crippen LogP contribution in [0.15, 0.2) is 29.5 Å². The lowest BCUT2D eigenvalue weighted by atomic mass is 9.86. The van der Waals surface area contributed by atoms with E-state index < -0.39 is 6.03 Å². The van der Waals surface area contributed by atoms with E-state index in [1.807, 2.05) is 20.8 Å². The smallest absolute Gasteiger partial charge is 0.337 e. The van der Waals surface area contributed by atoms with E-state index in [1.165, 1.54) is 12.5 Å². The fraction of sp³-hybridized carbons (Fsp3) is 0.524. The number of benzene rings is 1. The molecule has 2 amide bonds. The van der Waals surface area contributed by atoms with Crippen molar-refractivity contribution in [1.29, 1.82) is 0 Å². The third-order valence-electron chi connectivity index (χ3n) is 5.09. The molecule has 0 aliphatic carbocycles. The van der Waals surface area contributed by atoms with E-state index in [0.29, 0.717) is 29.1 Å². The molecule has 28 heavy (non-hydrogen) atoms. The van der Waals surface area contributed by atoms with Gasteiger partial charge in [0.2, 0.25) is 0 Å². The molecule has 2 heterocycles. The molecule has 152 valence electrons. The summed E-state index contributed by atoms with van der Waals surface area (Å²) in [6, 6.07) is 4.13. The molecular weight excluding hydrogens is 361 g/mol. The van der Waals surface area contributed by atoms with Gasteiger partial charge in [-0.25, -0.2) is 14.0 Å². The van der Waals surface area contributed by atoms with Gasteiger partial charge < -0.3 is 15.4 Å². The molecule has 2 aliphatic rings. The lowest BCUT2D eigenvalue weighted by molar-refractivity contribution is -0.136. The number of carbonyl (C=O) groups is 2. The molecule has 0 saturated carbocycles. The molecule has 0 unspecified atom stereocenters. The summed E-state index contributed by atoms with van der Waals surface area (Å²) in [6.07, 6.45) is 3.43. The quantitative estimate of drug-likeness (QED) is 0.773. The van der Waals surface area contributed by atoms with Crippen molar-refractivity contribution in [3.63, 3.8) is 0 Å². The molecular formula is C21H28FN3O3. The SMILES string of the molecule is CC(C)(C)c1ccc(NC(=O)NC2=C(CN3CCCCC3)C(=O)OC2)cc1F. The Morgan fingerprint density at radius 2 is 1.89 bits per heavy atom. The summed E-state index contributed by atoms with van der Waals surface area (Å²) >= 11 is 0. The fourth-order valence-electron chi connectivity index (χ4n) is 3.55. The summed E-state index contributed by atoms with van der Waals surface area (Å²) in [5, 5.41) is 5.32. The molecule has 0 radical (unpaired) electrons. The number of amides is 2. The number of halogens is 1. The zero-order valence-electron chi connectivity index (χ0n) is 16.7. The van der Waals surface area contributed by atoms with Gasteiger partial charge in [0.25, 0.3) is 0 Å².